The number of hydrogen-bond donors (Lipinski definition) is 1. The monoisotopic (exact) mass is 393 g/mol. The third-order valence-corrected chi connectivity index (χ3v) is 6.72. The number of fused-ring (bicyclic) bond motifs is 5. The molecule has 3 aliphatic rings. The zero-order valence-electron chi connectivity index (χ0n) is 15.3. The van der Waals surface area contributed by atoms with E-state index >= 15 is 0 Å². The lowest BCUT2D eigenvalue weighted by Gasteiger charge is -2.16. The molecule has 6 nitrogen and oxygen atoms in total. The van der Waals surface area contributed by atoms with Crippen LogP contribution in [0.5, 0.6) is 0 Å². The van der Waals surface area contributed by atoms with Crippen LogP contribution in [0.1, 0.15) is 11.4 Å². The van der Waals surface area contributed by atoms with Crippen molar-refractivity contribution in [1.29, 1.82) is 0 Å². The molecule has 2 aliphatic carbocycles. The molecule has 2 aromatic rings. The van der Waals surface area contributed by atoms with Crippen LogP contribution in [0.3, 0.4) is 0 Å². The Labute approximate surface area is 166 Å². The van der Waals surface area contributed by atoms with Gasteiger partial charge >= 0.3 is 0 Å². The number of amides is 3. The van der Waals surface area contributed by atoms with Gasteiger partial charge in [0.15, 0.2) is 0 Å². The number of allylic oxidation sites excluding steroid dienone is 2. The number of nitrogens with zero attached hydrogens (tertiary/aromatic N) is 2. The van der Waals surface area contributed by atoms with Gasteiger partial charge in [0.2, 0.25) is 17.7 Å². The first-order valence-corrected chi connectivity index (χ1v) is 10.2. The van der Waals surface area contributed by atoms with Gasteiger partial charge in [0.25, 0.3) is 0 Å². The molecule has 0 radical (unpaired) electrons. The number of aryl methyl sites for hydroxylation is 1. The molecule has 1 saturated heterocycles. The van der Waals surface area contributed by atoms with E-state index in [4.69, 9.17) is 0 Å². The number of rotatable bonds is 4. The van der Waals surface area contributed by atoms with Crippen LogP contribution in [0, 0.1) is 30.6 Å². The minimum absolute atomic E-state index is 0.154. The molecular formula is C21H19N3O3S. The molecule has 0 unspecified atom stereocenters. The van der Waals surface area contributed by atoms with Gasteiger partial charge in [-0.05, 0) is 37.3 Å². The van der Waals surface area contributed by atoms with Crippen molar-refractivity contribution in [2.45, 2.75) is 13.3 Å². The Morgan fingerprint density at radius 2 is 1.79 bits per heavy atom. The minimum Gasteiger partial charge on any atom is -0.325 e. The second-order valence-electron chi connectivity index (χ2n) is 7.64. The van der Waals surface area contributed by atoms with E-state index < -0.39 is 0 Å². The quantitative estimate of drug-likeness (QED) is 0.640. The fraction of sp³-hybridized carbons (Fsp3) is 0.333. The van der Waals surface area contributed by atoms with E-state index in [0.717, 1.165) is 27.6 Å². The number of benzene rings is 1. The Bertz CT molecular complexity index is 980. The molecular weight excluding hydrogens is 374 g/mol. The first kappa shape index (κ1) is 17.3. The number of aromatic nitrogens is 1. The fourth-order valence-corrected chi connectivity index (χ4v) is 5.31. The van der Waals surface area contributed by atoms with Gasteiger partial charge in [-0.1, -0.05) is 24.3 Å². The second-order valence-corrected chi connectivity index (χ2v) is 8.70. The molecule has 2 heterocycles. The molecule has 1 saturated carbocycles. The molecule has 1 aromatic carbocycles. The summed E-state index contributed by atoms with van der Waals surface area (Å²) in [5.74, 6) is -0.984. The molecule has 142 valence electrons. The van der Waals surface area contributed by atoms with Crippen LogP contribution >= 0.6 is 11.3 Å². The van der Waals surface area contributed by atoms with Crippen LogP contribution in [0.2, 0.25) is 0 Å². The maximum atomic E-state index is 12.7. The van der Waals surface area contributed by atoms with Gasteiger partial charge in [-0.15, -0.1) is 11.3 Å². The number of nitrogens with one attached hydrogen (secondary N) is 1. The third-order valence-electron chi connectivity index (χ3n) is 5.95. The summed E-state index contributed by atoms with van der Waals surface area (Å²) in [4.78, 5) is 43.3. The van der Waals surface area contributed by atoms with E-state index in [0.29, 0.717) is 5.69 Å². The predicted octanol–water partition coefficient (Wildman–Crippen LogP) is 2.86. The van der Waals surface area contributed by atoms with E-state index in [-0.39, 0.29) is 47.9 Å². The van der Waals surface area contributed by atoms with Crippen LogP contribution < -0.4 is 5.32 Å². The number of imide groups is 1. The van der Waals surface area contributed by atoms with Gasteiger partial charge in [0.1, 0.15) is 6.54 Å². The average Bonchev–Trinajstić information content (AvgIpc) is 3.44. The highest BCUT2D eigenvalue weighted by atomic mass is 32.1. The smallest absolute Gasteiger partial charge is 0.244 e. The Hall–Kier alpha value is -2.80. The molecule has 5 rings (SSSR count). The maximum Gasteiger partial charge on any atom is 0.244 e. The number of carbonyl (C=O) groups excluding carboxylic acids is 3. The molecule has 0 spiro atoms. The van der Waals surface area contributed by atoms with Crippen molar-refractivity contribution in [2.75, 3.05) is 11.9 Å². The van der Waals surface area contributed by atoms with E-state index in [1.54, 1.807) is 23.5 Å². The molecule has 1 N–H and O–H groups in total. The summed E-state index contributed by atoms with van der Waals surface area (Å²) in [6.07, 6.45) is 4.98. The standard InChI is InChI=1S/C21H19N3O3S/c1-11-22-16(10-28-11)12-4-6-15(7-5-12)23-17(25)9-24-20(26)18-13-2-3-14(8-13)19(18)21(24)27/h2-7,10,13-14,18-19H,8-9H2,1H3,(H,23,25)/t13-,14-,18-,19+/m0/s1. The number of hydrogen-bond acceptors (Lipinski definition) is 5. The second kappa shape index (κ2) is 6.38. The van der Waals surface area contributed by atoms with Gasteiger partial charge in [0.05, 0.1) is 22.5 Å². The minimum atomic E-state index is -0.362. The lowest BCUT2D eigenvalue weighted by molar-refractivity contribution is -0.143. The normalized spacial score (nSPS) is 27.5. The first-order valence-electron chi connectivity index (χ1n) is 9.37. The average molecular weight is 393 g/mol. The number of carbonyl (C=O) groups is 3. The van der Waals surface area contributed by atoms with Crippen molar-refractivity contribution in [3.05, 3.63) is 46.8 Å². The Kier molecular flexibility index (Phi) is 3.94. The van der Waals surface area contributed by atoms with Crippen molar-refractivity contribution < 1.29 is 14.4 Å². The number of anilines is 1. The topological polar surface area (TPSA) is 79.4 Å². The Morgan fingerprint density at radius 1 is 1.14 bits per heavy atom. The van der Waals surface area contributed by atoms with Crippen LogP contribution in [-0.2, 0) is 14.4 Å². The highest BCUT2D eigenvalue weighted by molar-refractivity contribution is 7.09. The van der Waals surface area contributed by atoms with Gasteiger partial charge < -0.3 is 5.32 Å². The summed E-state index contributed by atoms with van der Waals surface area (Å²) in [6, 6.07) is 7.39. The number of thiazole rings is 1. The Morgan fingerprint density at radius 3 is 2.36 bits per heavy atom. The Balaban J connectivity index is 1.24. The van der Waals surface area contributed by atoms with Crippen LogP contribution in [0.15, 0.2) is 41.8 Å². The van der Waals surface area contributed by atoms with E-state index in [9.17, 15) is 14.4 Å². The molecule has 7 heteroatoms. The summed E-state index contributed by atoms with van der Waals surface area (Å²) in [7, 11) is 0. The highest BCUT2D eigenvalue weighted by Crippen LogP contribution is 2.52. The number of likely N-dealkylation sites (tertiary alicyclic amines) is 1. The van der Waals surface area contributed by atoms with Crippen molar-refractivity contribution >= 4 is 34.7 Å². The molecule has 1 aliphatic heterocycles. The molecule has 2 fully saturated rings. The first-order chi connectivity index (χ1) is 13.5. The molecule has 4 atom stereocenters. The maximum absolute atomic E-state index is 12.7. The van der Waals surface area contributed by atoms with Gasteiger partial charge in [-0.2, -0.15) is 0 Å². The van der Waals surface area contributed by atoms with Crippen molar-refractivity contribution in [2.24, 2.45) is 23.7 Å². The fourth-order valence-electron chi connectivity index (χ4n) is 4.68. The summed E-state index contributed by atoms with van der Waals surface area (Å²) in [5.41, 5.74) is 2.51. The highest BCUT2D eigenvalue weighted by Gasteiger charge is 2.59. The molecule has 28 heavy (non-hydrogen) atoms. The summed E-state index contributed by atoms with van der Waals surface area (Å²) in [6.45, 7) is 1.73. The lowest BCUT2D eigenvalue weighted by atomic mass is 9.85. The largest absolute Gasteiger partial charge is 0.325 e. The lowest BCUT2D eigenvalue weighted by Crippen LogP contribution is -2.39. The van der Waals surface area contributed by atoms with Crippen molar-refractivity contribution in [1.82, 2.24) is 9.88 Å². The van der Waals surface area contributed by atoms with E-state index in [1.807, 2.05) is 36.6 Å². The van der Waals surface area contributed by atoms with Crippen molar-refractivity contribution in [3.8, 4) is 11.3 Å². The van der Waals surface area contributed by atoms with Crippen LogP contribution in [-0.4, -0.2) is 34.2 Å². The molecule has 1 aromatic heterocycles. The third kappa shape index (κ3) is 2.69. The zero-order valence-corrected chi connectivity index (χ0v) is 16.1. The molecule has 3 amide bonds. The zero-order chi connectivity index (χ0) is 19.4. The van der Waals surface area contributed by atoms with Crippen molar-refractivity contribution in [3.63, 3.8) is 0 Å². The predicted molar refractivity (Wildman–Crippen MR) is 105 cm³/mol. The summed E-state index contributed by atoms with van der Waals surface area (Å²) < 4.78 is 0. The van der Waals surface area contributed by atoms with Gasteiger partial charge in [-0.25, -0.2) is 4.98 Å². The summed E-state index contributed by atoms with van der Waals surface area (Å²) >= 11 is 1.59. The van der Waals surface area contributed by atoms with Gasteiger partial charge in [0, 0.05) is 16.6 Å². The van der Waals surface area contributed by atoms with E-state index in [1.165, 1.54) is 0 Å². The van der Waals surface area contributed by atoms with Crippen LogP contribution in [0.4, 0.5) is 5.69 Å². The SMILES string of the molecule is Cc1nc(-c2ccc(NC(=O)CN3C(=O)[C@@H]4[C@H](C3=O)[C@H]3C=C[C@H]4C3)cc2)cs1. The van der Waals surface area contributed by atoms with Crippen LogP contribution in [0.25, 0.3) is 11.3 Å². The van der Waals surface area contributed by atoms with Gasteiger partial charge in [-0.3, -0.25) is 19.3 Å². The summed E-state index contributed by atoms with van der Waals surface area (Å²) in [5, 5.41) is 5.77. The van der Waals surface area contributed by atoms with E-state index in [2.05, 4.69) is 10.3 Å². The molecule has 2 bridgehead atoms.